The van der Waals surface area contributed by atoms with Crippen molar-refractivity contribution in [3.63, 3.8) is 0 Å². The average molecular weight is 368 g/mol. The van der Waals surface area contributed by atoms with Gasteiger partial charge in [-0.1, -0.05) is 29.3 Å². The lowest BCUT2D eigenvalue weighted by molar-refractivity contribution is 0.0162. The standard InChI is InChI=1S/C22H28N2O3/c1-16-12-17(2)14-19(13-16)22(25)23-15-21(24-8-10-27-11-9-24)18-4-6-20(26-3)7-5-18/h4-7,12-14,21H,8-11,15H2,1-3H3,(H,23,25)/t21-/m1/s1. The highest BCUT2D eigenvalue weighted by Gasteiger charge is 2.23. The van der Waals surface area contributed by atoms with Crippen LogP contribution in [0.1, 0.15) is 33.1 Å². The molecule has 5 heteroatoms. The van der Waals surface area contributed by atoms with E-state index in [0.29, 0.717) is 12.1 Å². The highest BCUT2D eigenvalue weighted by molar-refractivity contribution is 5.94. The summed E-state index contributed by atoms with van der Waals surface area (Å²) < 4.78 is 10.8. The fourth-order valence-corrected chi connectivity index (χ4v) is 3.57. The molecule has 0 bridgehead atoms. The summed E-state index contributed by atoms with van der Waals surface area (Å²) in [4.78, 5) is 15.1. The lowest BCUT2D eigenvalue weighted by Gasteiger charge is -2.35. The average Bonchev–Trinajstić information content (AvgIpc) is 2.68. The molecule has 1 amide bonds. The Morgan fingerprint density at radius 2 is 1.74 bits per heavy atom. The Bertz CT molecular complexity index is 747. The Morgan fingerprint density at radius 1 is 1.11 bits per heavy atom. The second-order valence-corrected chi connectivity index (χ2v) is 7.02. The summed E-state index contributed by atoms with van der Waals surface area (Å²) in [7, 11) is 1.67. The van der Waals surface area contributed by atoms with Crippen LogP contribution in [0.3, 0.4) is 0 Å². The summed E-state index contributed by atoms with van der Waals surface area (Å²) in [6.45, 7) is 7.73. The van der Waals surface area contributed by atoms with E-state index in [9.17, 15) is 4.79 Å². The number of rotatable bonds is 6. The monoisotopic (exact) mass is 368 g/mol. The zero-order chi connectivity index (χ0) is 19.2. The molecule has 1 atom stereocenters. The number of morpholine rings is 1. The van der Waals surface area contributed by atoms with E-state index >= 15 is 0 Å². The second kappa shape index (κ2) is 9.02. The van der Waals surface area contributed by atoms with Crippen LogP contribution in [-0.2, 0) is 4.74 Å². The van der Waals surface area contributed by atoms with Crippen LogP contribution in [0.5, 0.6) is 5.75 Å². The minimum absolute atomic E-state index is 0.0337. The fraction of sp³-hybridized carbons (Fsp3) is 0.409. The highest BCUT2D eigenvalue weighted by atomic mass is 16.5. The molecule has 144 valence electrons. The molecular weight excluding hydrogens is 340 g/mol. The summed E-state index contributed by atoms with van der Waals surface area (Å²) >= 11 is 0. The molecule has 1 aliphatic heterocycles. The molecule has 0 saturated carbocycles. The van der Waals surface area contributed by atoms with Crippen LogP contribution in [0.4, 0.5) is 0 Å². The van der Waals surface area contributed by atoms with Gasteiger partial charge in [-0.15, -0.1) is 0 Å². The van der Waals surface area contributed by atoms with E-state index in [1.807, 2.05) is 38.1 Å². The van der Waals surface area contributed by atoms with Crippen molar-refractivity contribution in [2.75, 3.05) is 40.0 Å². The first-order chi connectivity index (χ1) is 13.1. The van der Waals surface area contributed by atoms with E-state index in [2.05, 4.69) is 28.4 Å². The summed E-state index contributed by atoms with van der Waals surface area (Å²) in [5.74, 6) is 0.798. The fourth-order valence-electron chi connectivity index (χ4n) is 3.57. The van der Waals surface area contributed by atoms with Gasteiger partial charge < -0.3 is 14.8 Å². The number of nitrogens with zero attached hydrogens (tertiary/aromatic N) is 1. The first-order valence-corrected chi connectivity index (χ1v) is 9.39. The summed E-state index contributed by atoms with van der Waals surface area (Å²) in [6.07, 6.45) is 0. The molecular formula is C22H28N2O3. The Labute approximate surface area is 161 Å². The molecule has 0 radical (unpaired) electrons. The largest absolute Gasteiger partial charge is 0.497 e. The number of carbonyl (C=O) groups is 1. The number of ether oxygens (including phenoxy) is 2. The number of amides is 1. The molecule has 0 unspecified atom stereocenters. The van der Waals surface area contributed by atoms with Crippen LogP contribution in [0.25, 0.3) is 0 Å². The molecule has 0 spiro atoms. The van der Waals surface area contributed by atoms with Crippen molar-refractivity contribution in [2.24, 2.45) is 0 Å². The molecule has 1 saturated heterocycles. The third kappa shape index (κ3) is 5.08. The van der Waals surface area contributed by atoms with Crippen molar-refractivity contribution in [1.82, 2.24) is 10.2 Å². The Balaban J connectivity index is 1.75. The van der Waals surface area contributed by atoms with Gasteiger partial charge in [0.25, 0.3) is 5.91 Å². The number of methoxy groups -OCH3 is 1. The third-order valence-electron chi connectivity index (χ3n) is 4.93. The minimum atomic E-state index is -0.0337. The van der Waals surface area contributed by atoms with Gasteiger partial charge in [-0.2, -0.15) is 0 Å². The maximum Gasteiger partial charge on any atom is 0.251 e. The lowest BCUT2D eigenvalue weighted by Crippen LogP contribution is -2.43. The predicted octanol–water partition coefficient (Wildman–Crippen LogP) is 3.12. The van der Waals surface area contributed by atoms with Gasteiger partial charge in [-0.25, -0.2) is 0 Å². The maximum atomic E-state index is 12.7. The van der Waals surface area contributed by atoms with Gasteiger partial charge in [-0.05, 0) is 43.7 Å². The van der Waals surface area contributed by atoms with Crippen LogP contribution < -0.4 is 10.1 Å². The molecule has 1 fully saturated rings. The molecule has 1 aliphatic rings. The molecule has 27 heavy (non-hydrogen) atoms. The minimum Gasteiger partial charge on any atom is -0.497 e. The Kier molecular flexibility index (Phi) is 6.48. The van der Waals surface area contributed by atoms with Crippen molar-refractivity contribution in [1.29, 1.82) is 0 Å². The van der Waals surface area contributed by atoms with Gasteiger partial charge in [-0.3, -0.25) is 9.69 Å². The molecule has 2 aromatic carbocycles. The van der Waals surface area contributed by atoms with Crippen molar-refractivity contribution >= 4 is 5.91 Å². The van der Waals surface area contributed by atoms with E-state index in [1.165, 1.54) is 5.56 Å². The number of hydrogen-bond acceptors (Lipinski definition) is 4. The smallest absolute Gasteiger partial charge is 0.251 e. The number of nitrogens with one attached hydrogen (secondary N) is 1. The first kappa shape index (κ1) is 19.4. The van der Waals surface area contributed by atoms with E-state index in [4.69, 9.17) is 9.47 Å². The van der Waals surface area contributed by atoms with E-state index < -0.39 is 0 Å². The van der Waals surface area contributed by atoms with Gasteiger partial charge in [0.2, 0.25) is 0 Å². The quantitative estimate of drug-likeness (QED) is 0.851. The Hall–Kier alpha value is -2.37. The third-order valence-corrected chi connectivity index (χ3v) is 4.93. The van der Waals surface area contributed by atoms with Crippen LogP contribution >= 0.6 is 0 Å². The molecule has 0 aliphatic carbocycles. The maximum absolute atomic E-state index is 12.7. The van der Waals surface area contributed by atoms with Crippen molar-refractivity contribution in [3.05, 3.63) is 64.7 Å². The molecule has 3 rings (SSSR count). The lowest BCUT2D eigenvalue weighted by atomic mass is 10.0. The van der Waals surface area contributed by atoms with Crippen LogP contribution in [-0.4, -0.2) is 50.8 Å². The molecule has 1 N–H and O–H groups in total. The Morgan fingerprint density at radius 3 is 2.33 bits per heavy atom. The van der Waals surface area contributed by atoms with Crippen LogP contribution in [0, 0.1) is 13.8 Å². The first-order valence-electron chi connectivity index (χ1n) is 9.39. The zero-order valence-electron chi connectivity index (χ0n) is 16.3. The summed E-state index contributed by atoms with van der Waals surface area (Å²) in [5, 5.41) is 3.13. The molecule has 2 aromatic rings. The van der Waals surface area contributed by atoms with Gasteiger partial charge >= 0.3 is 0 Å². The zero-order valence-corrected chi connectivity index (χ0v) is 16.3. The SMILES string of the molecule is COc1ccc([C@@H](CNC(=O)c2cc(C)cc(C)c2)N2CCOCC2)cc1. The molecule has 0 aromatic heterocycles. The normalized spacial score (nSPS) is 16.0. The predicted molar refractivity (Wildman–Crippen MR) is 106 cm³/mol. The van der Waals surface area contributed by atoms with Crippen molar-refractivity contribution in [3.8, 4) is 5.75 Å². The van der Waals surface area contributed by atoms with Gasteiger partial charge in [0.1, 0.15) is 5.75 Å². The number of hydrogen-bond donors (Lipinski definition) is 1. The van der Waals surface area contributed by atoms with Gasteiger partial charge in [0, 0.05) is 25.2 Å². The summed E-state index contributed by atoms with van der Waals surface area (Å²) in [5.41, 5.74) is 4.07. The summed E-state index contributed by atoms with van der Waals surface area (Å²) in [6, 6.07) is 14.1. The van der Waals surface area contributed by atoms with Crippen molar-refractivity contribution in [2.45, 2.75) is 19.9 Å². The topological polar surface area (TPSA) is 50.8 Å². The number of aryl methyl sites for hydroxylation is 2. The highest BCUT2D eigenvalue weighted by Crippen LogP contribution is 2.24. The van der Waals surface area contributed by atoms with E-state index in [1.54, 1.807) is 7.11 Å². The number of carbonyl (C=O) groups excluding carboxylic acids is 1. The number of benzene rings is 2. The van der Waals surface area contributed by atoms with Gasteiger partial charge in [0.15, 0.2) is 0 Å². The van der Waals surface area contributed by atoms with E-state index in [0.717, 1.165) is 43.2 Å². The van der Waals surface area contributed by atoms with Gasteiger partial charge in [0.05, 0.1) is 26.4 Å². The second-order valence-electron chi connectivity index (χ2n) is 7.02. The van der Waals surface area contributed by atoms with Crippen LogP contribution in [0.2, 0.25) is 0 Å². The van der Waals surface area contributed by atoms with E-state index in [-0.39, 0.29) is 11.9 Å². The van der Waals surface area contributed by atoms with Crippen LogP contribution in [0.15, 0.2) is 42.5 Å². The molecule has 5 nitrogen and oxygen atoms in total. The van der Waals surface area contributed by atoms with Crippen molar-refractivity contribution < 1.29 is 14.3 Å². The molecule has 1 heterocycles.